The monoisotopic (exact) mass is 239 g/mol. The second-order valence-corrected chi connectivity index (χ2v) is 5.42. The first kappa shape index (κ1) is 12.5. The molecule has 0 aliphatic carbocycles. The van der Waals surface area contributed by atoms with Crippen molar-refractivity contribution in [3.63, 3.8) is 0 Å². The summed E-state index contributed by atoms with van der Waals surface area (Å²) < 4.78 is 0. The summed E-state index contributed by atoms with van der Waals surface area (Å²) in [6, 6.07) is 12.1. The minimum Gasteiger partial charge on any atom is -0.296 e. The molecule has 0 radical (unpaired) electrons. The molecule has 0 spiro atoms. The van der Waals surface area contributed by atoms with E-state index in [1.54, 1.807) is 12.3 Å². The molecule has 18 heavy (non-hydrogen) atoms. The molecule has 2 aromatic rings. The predicted octanol–water partition coefficient (Wildman–Crippen LogP) is 3.86. The summed E-state index contributed by atoms with van der Waals surface area (Å²) in [6.07, 6.45) is 2.49. The summed E-state index contributed by atoms with van der Waals surface area (Å²) in [4.78, 5) is 14.6. The van der Waals surface area contributed by atoms with Crippen LogP contribution >= 0.6 is 0 Å². The van der Waals surface area contributed by atoms with Gasteiger partial charge in [0.25, 0.3) is 0 Å². The lowest BCUT2D eigenvalue weighted by atomic mass is 9.86. The number of aromatic nitrogens is 1. The number of carbonyl (C=O) groups is 1. The van der Waals surface area contributed by atoms with E-state index in [9.17, 15) is 4.79 Å². The van der Waals surface area contributed by atoms with E-state index >= 15 is 0 Å². The van der Waals surface area contributed by atoms with E-state index in [-0.39, 0.29) is 5.41 Å². The zero-order valence-electron chi connectivity index (χ0n) is 11.0. The van der Waals surface area contributed by atoms with Gasteiger partial charge in [0.15, 0.2) is 6.29 Å². The highest BCUT2D eigenvalue weighted by Gasteiger charge is 2.12. The van der Waals surface area contributed by atoms with Gasteiger partial charge in [-0.05, 0) is 22.6 Å². The van der Waals surface area contributed by atoms with Crippen LogP contribution in [-0.4, -0.2) is 11.3 Å². The lowest BCUT2D eigenvalue weighted by Gasteiger charge is -2.19. The number of rotatable bonds is 2. The summed E-state index contributed by atoms with van der Waals surface area (Å²) in [5.41, 5.74) is 4.08. The van der Waals surface area contributed by atoms with Crippen LogP contribution in [0.15, 0.2) is 42.6 Å². The topological polar surface area (TPSA) is 30.0 Å². The number of benzene rings is 1. The number of aldehydes is 1. The first-order chi connectivity index (χ1) is 8.50. The van der Waals surface area contributed by atoms with Crippen LogP contribution in [0.5, 0.6) is 0 Å². The summed E-state index contributed by atoms with van der Waals surface area (Å²) in [6.45, 7) is 6.59. The van der Waals surface area contributed by atoms with Gasteiger partial charge in [-0.3, -0.25) is 9.78 Å². The zero-order chi connectivity index (χ0) is 13.2. The van der Waals surface area contributed by atoms with Crippen molar-refractivity contribution in [3.05, 3.63) is 53.9 Å². The second-order valence-electron chi connectivity index (χ2n) is 5.42. The molecule has 0 unspecified atom stereocenters. The SMILES string of the molecule is CC(C)(C)c1ccc(-c2ccc(C=O)nc2)cc1. The molecule has 2 heteroatoms. The molecule has 1 aromatic heterocycles. The van der Waals surface area contributed by atoms with Crippen molar-refractivity contribution in [1.82, 2.24) is 4.98 Å². The lowest BCUT2D eigenvalue weighted by Crippen LogP contribution is -2.10. The average molecular weight is 239 g/mol. The average Bonchev–Trinajstić information content (AvgIpc) is 2.38. The Bertz CT molecular complexity index is 533. The van der Waals surface area contributed by atoms with E-state index in [0.29, 0.717) is 5.69 Å². The molecule has 1 heterocycles. The quantitative estimate of drug-likeness (QED) is 0.745. The number of hydrogen-bond acceptors (Lipinski definition) is 2. The highest BCUT2D eigenvalue weighted by atomic mass is 16.1. The Labute approximate surface area is 108 Å². The number of hydrogen-bond donors (Lipinski definition) is 0. The predicted molar refractivity (Wildman–Crippen MR) is 73.8 cm³/mol. The van der Waals surface area contributed by atoms with Gasteiger partial charge in [0.2, 0.25) is 0 Å². The highest BCUT2D eigenvalue weighted by Crippen LogP contribution is 2.25. The zero-order valence-corrected chi connectivity index (χ0v) is 11.0. The van der Waals surface area contributed by atoms with Crippen LogP contribution in [0.2, 0.25) is 0 Å². The van der Waals surface area contributed by atoms with Gasteiger partial charge < -0.3 is 0 Å². The molecule has 1 aromatic carbocycles. The van der Waals surface area contributed by atoms with E-state index in [1.807, 2.05) is 6.07 Å². The third kappa shape index (κ3) is 2.65. The molecular weight excluding hydrogens is 222 g/mol. The summed E-state index contributed by atoms with van der Waals surface area (Å²) >= 11 is 0. The van der Waals surface area contributed by atoms with Gasteiger partial charge >= 0.3 is 0 Å². The fourth-order valence-electron chi connectivity index (χ4n) is 1.81. The van der Waals surface area contributed by atoms with Crippen molar-refractivity contribution < 1.29 is 4.79 Å². The van der Waals surface area contributed by atoms with Gasteiger partial charge in [0.1, 0.15) is 5.69 Å². The molecule has 0 aliphatic heterocycles. The van der Waals surface area contributed by atoms with Crippen molar-refractivity contribution in [1.29, 1.82) is 0 Å². The van der Waals surface area contributed by atoms with Crippen LogP contribution in [0, 0.1) is 0 Å². The molecule has 2 rings (SSSR count). The Morgan fingerprint density at radius 2 is 1.56 bits per heavy atom. The van der Waals surface area contributed by atoms with Crippen LogP contribution in [0.3, 0.4) is 0 Å². The fraction of sp³-hybridized carbons (Fsp3) is 0.250. The van der Waals surface area contributed by atoms with Crippen LogP contribution in [0.4, 0.5) is 0 Å². The summed E-state index contributed by atoms with van der Waals surface area (Å²) in [5.74, 6) is 0. The van der Waals surface area contributed by atoms with E-state index in [1.165, 1.54) is 5.56 Å². The van der Waals surface area contributed by atoms with Gasteiger partial charge in [-0.2, -0.15) is 0 Å². The Kier molecular flexibility index (Phi) is 3.28. The first-order valence-corrected chi connectivity index (χ1v) is 6.03. The van der Waals surface area contributed by atoms with Crippen molar-refractivity contribution in [2.75, 3.05) is 0 Å². The van der Waals surface area contributed by atoms with E-state index in [2.05, 4.69) is 50.0 Å². The standard InChI is InChI=1S/C16H17NO/c1-16(2,3)14-7-4-12(5-8-14)13-6-9-15(11-18)17-10-13/h4-11H,1-3H3. The van der Waals surface area contributed by atoms with Crippen LogP contribution in [0.1, 0.15) is 36.8 Å². The van der Waals surface area contributed by atoms with Crippen molar-refractivity contribution in [2.45, 2.75) is 26.2 Å². The minimum atomic E-state index is 0.165. The van der Waals surface area contributed by atoms with Gasteiger partial charge in [-0.15, -0.1) is 0 Å². The smallest absolute Gasteiger partial charge is 0.168 e. The van der Waals surface area contributed by atoms with Gasteiger partial charge in [0.05, 0.1) is 0 Å². The van der Waals surface area contributed by atoms with E-state index in [0.717, 1.165) is 17.4 Å². The number of pyridine rings is 1. The lowest BCUT2D eigenvalue weighted by molar-refractivity contribution is 0.111. The minimum absolute atomic E-state index is 0.165. The Balaban J connectivity index is 2.31. The van der Waals surface area contributed by atoms with E-state index in [4.69, 9.17) is 0 Å². The Morgan fingerprint density at radius 3 is 2.00 bits per heavy atom. The highest BCUT2D eigenvalue weighted by molar-refractivity contribution is 5.73. The number of nitrogens with zero attached hydrogens (tertiary/aromatic N) is 1. The molecule has 0 saturated carbocycles. The van der Waals surface area contributed by atoms with Gasteiger partial charge in [0, 0.05) is 11.8 Å². The summed E-state index contributed by atoms with van der Waals surface area (Å²) in [7, 11) is 0. The second kappa shape index (κ2) is 4.73. The molecule has 0 atom stereocenters. The molecule has 0 amide bonds. The molecule has 0 N–H and O–H groups in total. The largest absolute Gasteiger partial charge is 0.296 e. The Morgan fingerprint density at radius 1 is 0.944 bits per heavy atom. The first-order valence-electron chi connectivity index (χ1n) is 6.03. The maximum atomic E-state index is 10.5. The van der Waals surface area contributed by atoms with Crippen molar-refractivity contribution in [3.8, 4) is 11.1 Å². The third-order valence-electron chi connectivity index (χ3n) is 2.99. The molecule has 0 saturated heterocycles. The Hall–Kier alpha value is -1.96. The molecule has 2 nitrogen and oxygen atoms in total. The molecule has 0 aliphatic rings. The molecular formula is C16H17NO. The molecule has 0 fully saturated rings. The van der Waals surface area contributed by atoms with Crippen LogP contribution in [0.25, 0.3) is 11.1 Å². The van der Waals surface area contributed by atoms with Crippen molar-refractivity contribution in [2.24, 2.45) is 0 Å². The number of carbonyl (C=O) groups excluding carboxylic acids is 1. The fourth-order valence-corrected chi connectivity index (χ4v) is 1.81. The maximum absolute atomic E-state index is 10.5. The maximum Gasteiger partial charge on any atom is 0.168 e. The van der Waals surface area contributed by atoms with Crippen molar-refractivity contribution >= 4 is 6.29 Å². The van der Waals surface area contributed by atoms with Gasteiger partial charge in [-0.1, -0.05) is 51.1 Å². The normalized spacial score (nSPS) is 11.3. The van der Waals surface area contributed by atoms with Crippen LogP contribution < -0.4 is 0 Å². The van der Waals surface area contributed by atoms with Crippen LogP contribution in [-0.2, 0) is 5.41 Å². The van der Waals surface area contributed by atoms with E-state index < -0.39 is 0 Å². The summed E-state index contributed by atoms with van der Waals surface area (Å²) in [5, 5.41) is 0. The molecule has 0 bridgehead atoms. The molecule has 92 valence electrons. The van der Waals surface area contributed by atoms with Gasteiger partial charge in [-0.25, -0.2) is 0 Å². The third-order valence-corrected chi connectivity index (χ3v) is 2.99.